The number of benzene rings is 2. The Morgan fingerprint density at radius 1 is 1.07 bits per heavy atom. The van der Waals surface area contributed by atoms with Crippen LogP contribution in [0.3, 0.4) is 0 Å². The largest absolute Gasteiger partial charge is 0.356 e. The van der Waals surface area contributed by atoms with Crippen LogP contribution in [-0.4, -0.2) is 45.0 Å². The molecule has 0 unspecified atom stereocenters. The molecule has 0 atom stereocenters. The highest BCUT2D eigenvalue weighted by Crippen LogP contribution is 2.22. The van der Waals surface area contributed by atoms with Crippen molar-refractivity contribution in [1.82, 2.24) is 16.0 Å². The average molecular weight is 430 g/mol. The Morgan fingerprint density at radius 3 is 2.53 bits per heavy atom. The zero-order valence-electron chi connectivity index (χ0n) is 17.5. The molecule has 8 heteroatoms. The van der Waals surface area contributed by atoms with Crippen LogP contribution in [-0.2, 0) is 11.2 Å². The maximum Gasteiger partial charge on any atom is 0.251 e. The van der Waals surface area contributed by atoms with Gasteiger partial charge in [0.15, 0.2) is 5.96 Å². The van der Waals surface area contributed by atoms with E-state index in [1.807, 2.05) is 31.2 Å². The third-order valence-corrected chi connectivity index (χ3v) is 4.94. The minimum absolute atomic E-state index is 0.102. The lowest BCUT2D eigenvalue weighted by molar-refractivity contribution is -0.116. The number of rotatable bonds is 8. The molecule has 2 aromatic carbocycles. The van der Waals surface area contributed by atoms with Gasteiger partial charge in [0.05, 0.1) is 0 Å². The van der Waals surface area contributed by atoms with Gasteiger partial charge >= 0.3 is 0 Å². The second-order valence-corrected chi connectivity index (χ2v) is 7.07. The zero-order valence-corrected chi connectivity index (χ0v) is 18.3. The fourth-order valence-electron chi connectivity index (χ4n) is 2.81. The summed E-state index contributed by atoms with van der Waals surface area (Å²) in [5.74, 6) is 0.409. The van der Waals surface area contributed by atoms with Crippen LogP contribution >= 0.6 is 11.6 Å². The van der Waals surface area contributed by atoms with Crippen molar-refractivity contribution in [2.45, 2.75) is 19.8 Å². The number of guanidine groups is 1. The summed E-state index contributed by atoms with van der Waals surface area (Å²) in [6.45, 7) is 2.95. The van der Waals surface area contributed by atoms with Crippen molar-refractivity contribution in [3.05, 3.63) is 64.2 Å². The molecule has 0 aliphatic heterocycles. The molecular formula is C22H28ClN5O2. The number of anilines is 1. The number of carbonyl (C=O) groups is 2. The minimum Gasteiger partial charge on any atom is -0.356 e. The number of hydrogen-bond acceptors (Lipinski definition) is 3. The molecule has 0 fully saturated rings. The van der Waals surface area contributed by atoms with Crippen LogP contribution in [0.1, 0.15) is 27.9 Å². The van der Waals surface area contributed by atoms with E-state index in [1.165, 1.54) is 0 Å². The van der Waals surface area contributed by atoms with Gasteiger partial charge < -0.3 is 21.3 Å². The third-order valence-electron chi connectivity index (χ3n) is 4.53. The molecule has 0 heterocycles. The van der Waals surface area contributed by atoms with E-state index in [-0.39, 0.29) is 11.8 Å². The predicted molar refractivity (Wildman–Crippen MR) is 122 cm³/mol. The van der Waals surface area contributed by atoms with E-state index in [0.29, 0.717) is 41.7 Å². The summed E-state index contributed by atoms with van der Waals surface area (Å²) in [6.07, 6.45) is 1.03. The molecule has 0 saturated heterocycles. The summed E-state index contributed by atoms with van der Waals surface area (Å²) in [5, 5.41) is 12.4. The summed E-state index contributed by atoms with van der Waals surface area (Å²) in [5.41, 5.74) is 3.25. The molecule has 0 aliphatic carbocycles. The van der Waals surface area contributed by atoms with Gasteiger partial charge in [-0.1, -0.05) is 29.8 Å². The SMILES string of the molecule is CN=C(NCCC(=O)Nc1cccc(Cl)c1C)NCCc1cccc(C(=O)NC)c1. The van der Waals surface area contributed by atoms with Gasteiger partial charge in [0.2, 0.25) is 5.91 Å². The van der Waals surface area contributed by atoms with Crippen molar-refractivity contribution in [2.24, 2.45) is 4.99 Å². The molecule has 0 spiro atoms. The topological polar surface area (TPSA) is 94.6 Å². The van der Waals surface area contributed by atoms with Crippen LogP contribution in [0.25, 0.3) is 0 Å². The Balaban J connectivity index is 1.74. The van der Waals surface area contributed by atoms with E-state index in [0.717, 1.165) is 17.5 Å². The van der Waals surface area contributed by atoms with Crippen molar-refractivity contribution >= 4 is 35.1 Å². The molecule has 2 amide bonds. The molecule has 4 N–H and O–H groups in total. The van der Waals surface area contributed by atoms with E-state index >= 15 is 0 Å². The monoisotopic (exact) mass is 429 g/mol. The summed E-state index contributed by atoms with van der Waals surface area (Å²) in [6, 6.07) is 12.9. The van der Waals surface area contributed by atoms with Gasteiger partial charge in [0.1, 0.15) is 0 Å². The average Bonchev–Trinajstić information content (AvgIpc) is 2.75. The molecular weight excluding hydrogens is 402 g/mol. The van der Waals surface area contributed by atoms with Crippen molar-refractivity contribution in [1.29, 1.82) is 0 Å². The van der Waals surface area contributed by atoms with E-state index in [9.17, 15) is 9.59 Å². The maximum absolute atomic E-state index is 12.2. The Labute approximate surface area is 182 Å². The summed E-state index contributed by atoms with van der Waals surface area (Å²) < 4.78 is 0. The molecule has 0 aromatic heterocycles. The lowest BCUT2D eigenvalue weighted by Gasteiger charge is -2.13. The fourth-order valence-corrected chi connectivity index (χ4v) is 2.98. The van der Waals surface area contributed by atoms with Gasteiger partial charge in [0.25, 0.3) is 5.91 Å². The van der Waals surface area contributed by atoms with Crippen molar-refractivity contribution in [2.75, 3.05) is 32.5 Å². The quantitative estimate of drug-likeness (QED) is 0.383. The zero-order chi connectivity index (χ0) is 21.9. The van der Waals surface area contributed by atoms with E-state index in [1.54, 1.807) is 32.3 Å². The Bertz CT molecular complexity index is 914. The number of aliphatic imine (C=N–C) groups is 1. The smallest absolute Gasteiger partial charge is 0.251 e. The molecule has 2 rings (SSSR count). The minimum atomic E-state index is -0.103. The Hall–Kier alpha value is -3.06. The molecule has 0 radical (unpaired) electrons. The van der Waals surface area contributed by atoms with Gasteiger partial charge in [-0.25, -0.2) is 0 Å². The fraction of sp³-hybridized carbons (Fsp3) is 0.318. The predicted octanol–water partition coefficient (Wildman–Crippen LogP) is 2.74. The summed E-state index contributed by atoms with van der Waals surface area (Å²) >= 11 is 6.08. The highest BCUT2D eigenvalue weighted by atomic mass is 35.5. The first kappa shape index (κ1) is 23.2. The summed E-state index contributed by atoms with van der Waals surface area (Å²) in [4.78, 5) is 28.1. The number of hydrogen-bond donors (Lipinski definition) is 4. The van der Waals surface area contributed by atoms with Crippen LogP contribution in [0.2, 0.25) is 5.02 Å². The lowest BCUT2D eigenvalue weighted by atomic mass is 10.1. The molecule has 30 heavy (non-hydrogen) atoms. The van der Waals surface area contributed by atoms with Gasteiger partial charge in [-0.2, -0.15) is 0 Å². The van der Waals surface area contributed by atoms with Crippen molar-refractivity contribution < 1.29 is 9.59 Å². The second-order valence-electron chi connectivity index (χ2n) is 6.67. The van der Waals surface area contributed by atoms with E-state index in [4.69, 9.17) is 11.6 Å². The highest BCUT2D eigenvalue weighted by Gasteiger charge is 2.08. The van der Waals surface area contributed by atoms with Gasteiger partial charge in [0, 0.05) is 49.9 Å². The standard InChI is InChI=1S/C22H28ClN5O2/c1-15-18(23)8-5-9-19(15)28-20(29)11-13-27-22(25-3)26-12-10-16-6-4-7-17(14-16)21(30)24-2/h4-9,14H,10-13H2,1-3H3,(H,24,30)(H,28,29)(H2,25,26,27). The van der Waals surface area contributed by atoms with Gasteiger partial charge in [-0.3, -0.25) is 14.6 Å². The van der Waals surface area contributed by atoms with Crippen LogP contribution in [0, 0.1) is 6.92 Å². The van der Waals surface area contributed by atoms with Gasteiger partial charge in [-0.05, 0) is 48.7 Å². The molecule has 7 nitrogen and oxygen atoms in total. The first-order chi connectivity index (χ1) is 14.4. The molecule has 0 saturated carbocycles. The number of carbonyl (C=O) groups excluding carboxylic acids is 2. The molecule has 0 aliphatic rings. The maximum atomic E-state index is 12.2. The van der Waals surface area contributed by atoms with Crippen molar-refractivity contribution in [3.63, 3.8) is 0 Å². The first-order valence-electron chi connectivity index (χ1n) is 9.75. The van der Waals surface area contributed by atoms with Crippen LogP contribution in [0.4, 0.5) is 5.69 Å². The highest BCUT2D eigenvalue weighted by molar-refractivity contribution is 6.31. The third kappa shape index (κ3) is 7.08. The molecule has 160 valence electrons. The number of amides is 2. The van der Waals surface area contributed by atoms with Crippen LogP contribution in [0.5, 0.6) is 0 Å². The normalized spacial score (nSPS) is 11.0. The Kier molecular flexibility index (Phi) is 9.15. The van der Waals surface area contributed by atoms with Crippen molar-refractivity contribution in [3.8, 4) is 0 Å². The first-order valence-corrected chi connectivity index (χ1v) is 10.1. The lowest BCUT2D eigenvalue weighted by Crippen LogP contribution is -2.39. The summed E-state index contributed by atoms with van der Waals surface area (Å²) in [7, 11) is 3.29. The van der Waals surface area contributed by atoms with Crippen LogP contribution < -0.4 is 21.3 Å². The number of nitrogens with one attached hydrogen (secondary N) is 4. The molecule has 2 aromatic rings. The second kappa shape index (κ2) is 11.8. The van der Waals surface area contributed by atoms with E-state index < -0.39 is 0 Å². The number of nitrogens with zero attached hydrogens (tertiary/aromatic N) is 1. The van der Waals surface area contributed by atoms with Gasteiger partial charge in [-0.15, -0.1) is 0 Å². The molecule has 0 bridgehead atoms. The number of halogens is 1. The van der Waals surface area contributed by atoms with E-state index in [2.05, 4.69) is 26.3 Å². The Morgan fingerprint density at radius 2 is 1.80 bits per heavy atom. The van der Waals surface area contributed by atoms with Crippen LogP contribution in [0.15, 0.2) is 47.5 Å².